The molecule has 0 aromatic carbocycles. The molecule has 0 amide bonds. The molecule has 16 heavy (non-hydrogen) atoms. The van der Waals surface area contributed by atoms with E-state index in [-0.39, 0.29) is 0 Å². The third-order valence-corrected chi connectivity index (χ3v) is 4.12. The second-order valence-corrected chi connectivity index (χ2v) is 5.41. The van der Waals surface area contributed by atoms with Crippen LogP contribution in [-0.4, -0.2) is 29.5 Å². The van der Waals surface area contributed by atoms with Crippen molar-refractivity contribution < 1.29 is 4.42 Å². The summed E-state index contributed by atoms with van der Waals surface area (Å²) >= 11 is 1.95. The van der Waals surface area contributed by atoms with E-state index in [1.54, 1.807) is 0 Å². The summed E-state index contributed by atoms with van der Waals surface area (Å²) in [6.45, 7) is 0.996. The first-order valence-electron chi connectivity index (χ1n) is 5.98. The highest BCUT2D eigenvalue weighted by molar-refractivity contribution is 7.99. The lowest BCUT2D eigenvalue weighted by molar-refractivity contribution is 0.431. The first kappa shape index (κ1) is 11.9. The number of aromatic nitrogens is 2. The second kappa shape index (κ2) is 6.25. The van der Waals surface area contributed by atoms with Gasteiger partial charge in [0.05, 0.1) is 5.25 Å². The van der Waals surface area contributed by atoms with E-state index < -0.39 is 0 Å². The van der Waals surface area contributed by atoms with Crippen LogP contribution in [0.5, 0.6) is 0 Å². The van der Waals surface area contributed by atoms with Gasteiger partial charge in [-0.2, -0.15) is 0 Å². The van der Waals surface area contributed by atoms with Gasteiger partial charge in [0.1, 0.15) is 0 Å². The Morgan fingerprint density at radius 1 is 1.44 bits per heavy atom. The molecule has 90 valence electrons. The van der Waals surface area contributed by atoms with E-state index in [9.17, 15) is 0 Å². The average molecular weight is 241 g/mol. The Kier molecular flexibility index (Phi) is 4.66. The molecule has 0 radical (unpaired) electrons. The topological polar surface area (TPSA) is 51.0 Å². The zero-order chi connectivity index (χ0) is 11.2. The van der Waals surface area contributed by atoms with E-state index in [2.05, 4.69) is 15.5 Å². The molecular formula is C11H19N3OS. The summed E-state index contributed by atoms with van der Waals surface area (Å²) < 4.78 is 5.70. The lowest BCUT2D eigenvalue weighted by atomic mass is 10.2. The van der Waals surface area contributed by atoms with Crippen LogP contribution in [0.2, 0.25) is 0 Å². The van der Waals surface area contributed by atoms with Crippen molar-refractivity contribution in [2.75, 3.05) is 19.3 Å². The summed E-state index contributed by atoms with van der Waals surface area (Å²) in [5.74, 6) is 2.85. The fraction of sp³-hybridized carbons (Fsp3) is 0.818. The minimum absolute atomic E-state index is 0.444. The van der Waals surface area contributed by atoms with Gasteiger partial charge in [-0.25, -0.2) is 0 Å². The normalized spacial score (nSPS) is 21.2. The molecule has 1 aliphatic heterocycles. The van der Waals surface area contributed by atoms with E-state index in [4.69, 9.17) is 4.42 Å². The maximum Gasteiger partial charge on any atom is 0.229 e. The third kappa shape index (κ3) is 3.22. The number of hydrogen-bond acceptors (Lipinski definition) is 5. The highest BCUT2D eigenvalue weighted by Gasteiger charge is 2.21. The predicted octanol–water partition coefficient (Wildman–Crippen LogP) is 2.18. The van der Waals surface area contributed by atoms with Gasteiger partial charge in [-0.15, -0.1) is 22.0 Å². The van der Waals surface area contributed by atoms with Gasteiger partial charge in [-0.1, -0.05) is 6.42 Å². The summed E-state index contributed by atoms with van der Waals surface area (Å²) in [6.07, 6.45) is 5.73. The second-order valence-electron chi connectivity index (χ2n) is 4.10. The van der Waals surface area contributed by atoms with Gasteiger partial charge in [0, 0.05) is 6.42 Å². The van der Waals surface area contributed by atoms with Gasteiger partial charge in [0.15, 0.2) is 0 Å². The van der Waals surface area contributed by atoms with Crippen LogP contribution in [0.4, 0.5) is 0 Å². The molecule has 1 atom stereocenters. The van der Waals surface area contributed by atoms with Crippen molar-refractivity contribution in [3.63, 3.8) is 0 Å². The van der Waals surface area contributed by atoms with Crippen LogP contribution in [0.1, 0.15) is 42.7 Å². The maximum atomic E-state index is 5.70. The Morgan fingerprint density at radius 3 is 3.12 bits per heavy atom. The Morgan fingerprint density at radius 2 is 2.38 bits per heavy atom. The van der Waals surface area contributed by atoms with Gasteiger partial charge in [-0.05, 0) is 38.6 Å². The van der Waals surface area contributed by atoms with E-state index in [1.807, 2.05) is 18.8 Å². The molecule has 1 N–H and O–H groups in total. The molecule has 4 nitrogen and oxygen atoms in total. The molecule has 0 aliphatic carbocycles. The van der Waals surface area contributed by atoms with Crippen LogP contribution in [0, 0.1) is 0 Å². The van der Waals surface area contributed by atoms with Crippen LogP contribution in [0.15, 0.2) is 4.42 Å². The molecule has 5 heteroatoms. The number of hydrogen-bond donors (Lipinski definition) is 1. The molecule has 1 unspecified atom stereocenters. The Balaban J connectivity index is 1.85. The maximum absolute atomic E-state index is 5.70. The predicted molar refractivity (Wildman–Crippen MR) is 65.6 cm³/mol. The van der Waals surface area contributed by atoms with Crippen LogP contribution in [-0.2, 0) is 6.42 Å². The number of aryl methyl sites for hydroxylation is 1. The van der Waals surface area contributed by atoms with E-state index in [1.165, 1.54) is 25.0 Å². The van der Waals surface area contributed by atoms with Crippen molar-refractivity contribution in [3.05, 3.63) is 11.8 Å². The Labute approximate surface area is 101 Å². The summed E-state index contributed by atoms with van der Waals surface area (Å²) in [6, 6.07) is 0. The highest BCUT2D eigenvalue weighted by Crippen LogP contribution is 2.37. The van der Waals surface area contributed by atoms with Crippen LogP contribution in [0.3, 0.4) is 0 Å². The SMILES string of the molecule is CNCCCc1nnc(C2CCCCS2)o1. The number of rotatable bonds is 5. The monoisotopic (exact) mass is 241 g/mol. The van der Waals surface area contributed by atoms with Gasteiger partial charge >= 0.3 is 0 Å². The molecule has 2 heterocycles. The number of nitrogens with one attached hydrogen (secondary N) is 1. The third-order valence-electron chi connectivity index (χ3n) is 2.76. The molecule has 1 aromatic rings. The van der Waals surface area contributed by atoms with Gasteiger partial charge in [-0.3, -0.25) is 0 Å². The molecule has 0 bridgehead atoms. The van der Waals surface area contributed by atoms with Crippen molar-refractivity contribution in [2.45, 2.75) is 37.4 Å². The van der Waals surface area contributed by atoms with Crippen molar-refractivity contribution in [3.8, 4) is 0 Å². The lowest BCUT2D eigenvalue weighted by Gasteiger charge is -2.17. The average Bonchev–Trinajstić information content (AvgIpc) is 2.79. The summed E-state index contributed by atoms with van der Waals surface area (Å²) in [4.78, 5) is 0. The van der Waals surface area contributed by atoms with Crippen molar-refractivity contribution in [2.24, 2.45) is 0 Å². The minimum Gasteiger partial charge on any atom is -0.424 e. The van der Waals surface area contributed by atoms with E-state index >= 15 is 0 Å². The van der Waals surface area contributed by atoms with Gasteiger partial charge in [0.25, 0.3) is 0 Å². The van der Waals surface area contributed by atoms with Crippen LogP contribution >= 0.6 is 11.8 Å². The standard InChI is InChI=1S/C11H19N3OS/c1-12-7-4-6-10-13-14-11(15-10)9-5-2-3-8-16-9/h9,12H,2-8H2,1H3. The lowest BCUT2D eigenvalue weighted by Crippen LogP contribution is -2.08. The van der Waals surface area contributed by atoms with Gasteiger partial charge < -0.3 is 9.73 Å². The molecule has 0 saturated carbocycles. The van der Waals surface area contributed by atoms with Crippen molar-refractivity contribution in [1.29, 1.82) is 0 Å². The summed E-state index contributed by atoms with van der Waals surface area (Å²) in [5, 5.41) is 11.8. The number of nitrogens with zero attached hydrogens (tertiary/aromatic N) is 2. The summed E-state index contributed by atoms with van der Waals surface area (Å²) in [5.41, 5.74) is 0. The van der Waals surface area contributed by atoms with Crippen LogP contribution < -0.4 is 5.32 Å². The molecule has 2 rings (SSSR count). The molecule has 1 aliphatic rings. The highest BCUT2D eigenvalue weighted by atomic mass is 32.2. The zero-order valence-corrected chi connectivity index (χ0v) is 10.6. The zero-order valence-electron chi connectivity index (χ0n) is 9.74. The number of thioether (sulfide) groups is 1. The molecule has 1 aromatic heterocycles. The first-order chi connectivity index (χ1) is 7.90. The van der Waals surface area contributed by atoms with Crippen LogP contribution in [0.25, 0.3) is 0 Å². The molecule has 1 fully saturated rings. The fourth-order valence-electron chi connectivity index (χ4n) is 1.85. The quantitative estimate of drug-likeness (QED) is 0.801. The Bertz CT molecular complexity index is 310. The minimum atomic E-state index is 0.444. The smallest absolute Gasteiger partial charge is 0.229 e. The largest absolute Gasteiger partial charge is 0.424 e. The molecule has 1 saturated heterocycles. The van der Waals surface area contributed by atoms with Crippen molar-refractivity contribution in [1.82, 2.24) is 15.5 Å². The first-order valence-corrected chi connectivity index (χ1v) is 7.03. The van der Waals surface area contributed by atoms with Gasteiger partial charge in [0.2, 0.25) is 11.8 Å². The molecular weight excluding hydrogens is 222 g/mol. The molecule has 0 spiro atoms. The van der Waals surface area contributed by atoms with Crippen molar-refractivity contribution >= 4 is 11.8 Å². The van der Waals surface area contributed by atoms with E-state index in [0.717, 1.165) is 31.2 Å². The van der Waals surface area contributed by atoms with E-state index in [0.29, 0.717) is 5.25 Å². The fourth-order valence-corrected chi connectivity index (χ4v) is 3.08. The summed E-state index contributed by atoms with van der Waals surface area (Å²) in [7, 11) is 1.96. The Hall–Kier alpha value is -0.550.